The second-order valence-electron chi connectivity index (χ2n) is 5.23. The zero-order chi connectivity index (χ0) is 16.2. The third-order valence-electron chi connectivity index (χ3n) is 3.63. The van der Waals surface area contributed by atoms with E-state index in [1.54, 1.807) is 12.5 Å². The molecule has 1 heterocycles. The van der Waals surface area contributed by atoms with E-state index in [0.29, 0.717) is 0 Å². The van der Waals surface area contributed by atoms with Crippen molar-refractivity contribution in [3.63, 3.8) is 0 Å². The number of hydrogen-bond donors (Lipinski definition) is 1. The smallest absolute Gasteiger partial charge is 0.140 e. The van der Waals surface area contributed by atoms with Gasteiger partial charge in [0.25, 0.3) is 0 Å². The predicted octanol–water partition coefficient (Wildman–Crippen LogP) is 4.62. The van der Waals surface area contributed by atoms with Gasteiger partial charge in [-0.05, 0) is 48.4 Å². The molecule has 0 bridgehead atoms. The number of nitrogens with zero attached hydrogens (tertiary/aromatic N) is 3. The lowest BCUT2D eigenvalue weighted by atomic mass is 10.1. The third kappa shape index (κ3) is 3.43. The molecule has 0 saturated heterocycles. The van der Waals surface area contributed by atoms with Crippen LogP contribution in [0, 0.1) is 18.3 Å². The normalized spacial score (nSPS) is 11.7. The Kier molecular flexibility index (Phi) is 4.45. The van der Waals surface area contributed by atoms with Gasteiger partial charge in [0.15, 0.2) is 0 Å². The van der Waals surface area contributed by atoms with Gasteiger partial charge in [0.05, 0.1) is 12.4 Å². The van der Waals surface area contributed by atoms with Crippen molar-refractivity contribution >= 4 is 21.6 Å². The van der Waals surface area contributed by atoms with Gasteiger partial charge in [-0.2, -0.15) is 5.26 Å². The molecule has 3 rings (SSSR count). The van der Waals surface area contributed by atoms with Crippen molar-refractivity contribution in [2.75, 3.05) is 5.32 Å². The van der Waals surface area contributed by atoms with Crippen molar-refractivity contribution in [2.24, 2.45) is 0 Å². The second kappa shape index (κ2) is 6.67. The topological polar surface area (TPSA) is 53.6 Å². The maximum Gasteiger partial charge on any atom is 0.140 e. The molecule has 23 heavy (non-hydrogen) atoms. The lowest BCUT2D eigenvalue weighted by molar-refractivity contribution is 0.987. The van der Waals surface area contributed by atoms with Crippen LogP contribution < -0.4 is 5.32 Å². The molecule has 0 saturated carbocycles. The molecule has 4 nitrogen and oxygen atoms in total. The zero-order valence-corrected chi connectivity index (χ0v) is 14.2. The summed E-state index contributed by atoms with van der Waals surface area (Å²) in [7, 11) is 0. The van der Waals surface area contributed by atoms with Crippen molar-refractivity contribution in [1.82, 2.24) is 9.55 Å². The Balaban J connectivity index is 1.80. The minimum Gasteiger partial charge on any atom is -0.366 e. The van der Waals surface area contributed by atoms with E-state index in [-0.39, 0.29) is 0 Å². The molecule has 1 atom stereocenters. The molecule has 0 radical (unpaired) electrons. The van der Waals surface area contributed by atoms with Gasteiger partial charge in [-0.1, -0.05) is 28.1 Å². The van der Waals surface area contributed by atoms with Crippen LogP contribution in [0.15, 0.2) is 65.7 Å². The highest BCUT2D eigenvalue weighted by molar-refractivity contribution is 9.10. The summed E-state index contributed by atoms with van der Waals surface area (Å²) in [6, 6.07) is 15.8. The molecule has 0 fully saturated rings. The molecule has 0 aliphatic carbocycles. The van der Waals surface area contributed by atoms with Crippen LogP contribution in [0.1, 0.15) is 17.2 Å². The molecule has 0 amide bonds. The summed E-state index contributed by atoms with van der Waals surface area (Å²) >= 11 is 3.48. The number of rotatable bonds is 4. The molecular formula is C18H15BrN4. The summed E-state index contributed by atoms with van der Waals surface area (Å²) in [5.74, 6) is 0. The third-order valence-corrected chi connectivity index (χ3v) is 4.52. The molecule has 0 aliphatic rings. The Labute approximate surface area is 143 Å². The van der Waals surface area contributed by atoms with Crippen LogP contribution >= 0.6 is 15.9 Å². The van der Waals surface area contributed by atoms with Crippen LogP contribution in [-0.2, 0) is 0 Å². The number of anilines is 1. The minimum absolute atomic E-state index is 0.396. The van der Waals surface area contributed by atoms with Crippen molar-refractivity contribution in [2.45, 2.75) is 13.0 Å². The molecule has 0 aliphatic heterocycles. The Bertz CT molecular complexity index is 832. The average Bonchev–Trinajstić information content (AvgIpc) is 3.10. The Hall–Kier alpha value is -2.58. The summed E-state index contributed by atoms with van der Waals surface area (Å²) in [4.78, 5) is 4.04. The second-order valence-corrected chi connectivity index (χ2v) is 6.09. The van der Waals surface area contributed by atoms with E-state index < -0.39 is 6.04 Å². The first kappa shape index (κ1) is 15.3. The highest BCUT2D eigenvalue weighted by atomic mass is 79.9. The number of imidazole rings is 1. The van der Waals surface area contributed by atoms with E-state index in [2.05, 4.69) is 32.3 Å². The number of nitriles is 1. The van der Waals surface area contributed by atoms with Crippen molar-refractivity contribution < 1.29 is 0 Å². The molecule has 114 valence electrons. The highest BCUT2D eigenvalue weighted by Gasteiger charge is 2.11. The van der Waals surface area contributed by atoms with Gasteiger partial charge in [0.1, 0.15) is 6.04 Å². The van der Waals surface area contributed by atoms with Crippen LogP contribution in [0.2, 0.25) is 0 Å². The first-order chi connectivity index (χ1) is 11.2. The summed E-state index contributed by atoms with van der Waals surface area (Å²) in [6.45, 7) is 2.02. The monoisotopic (exact) mass is 366 g/mol. The van der Waals surface area contributed by atoms with Gasteiger partial charge in [-0.25, -0.2) is 4.98 Å². The van der Waals surface area contributed by atoms with Gasteiger partial charge in [-0.3, -0.25) is 0 Å². The van der Waals surface area contributed by atoms with Crippen molar-refractivity contribution in [1.29, 1.82) is 5.26 Å². The van der Waals surface area contributed by atoms with Crippen LogP contribution in [0.25, 0.3) is 5.69 Å². The standard InChI is InChI=1S/C18H15BrN4/c1-13-10-15(4-7-17(13)19)22-18(11-20)14-2-5-16(6-3-14)23-9-8-21-12-23/h2-10,12,18,22H,1H3. The Morgan fingerprint density at radius 2 is 2.00 bits per heavy atom. The lowest BCUT2D eigenvalue weighted by Crippen LogP contribution is -2.08. The van der Waals surface area contributed by atoms with E-state index in [9.17, 15) is 5.26 Å². The van der Waals surface area contributed by atoms with E-state index in [1.807, 2.05) is 60.2 Å². The largest absolute Gasteiger partial charge is 0.366 e. The zero-order valence-electron chi connectivity index (χ0n) is 12.6. The fourth-order valence-electron chi connectivity index (χ4n) is 2.34. The molecule has 1 unspecified atom stereocenters. The van der Waals surface area contributed by atoms with Crippen molar-refractivity contribution in [3.05, 3.63) is 76.8 Å². The van der Waals surface area contributed by atoms with Crippen LogP contribution in [0.5, 0.6) is 0 Å². The average molecular weight is 367 g/mol. The van der Waals surface area contributed by atoms with Gasteiger partial charge in [0.2, 0.25) is 0 Å². The Morgan fingerprint density at radius 3 is 2.61 bits per heavy atom. The lowest BCUT2D eigenvalue weighted by Gasteiger charge is -2.15. The predicted molar refractivity (Wildman–Crippen MR) is 94.4 cm³/mol. The van der Waals surface area contributed by atoms with E-state index in [1.165, 1.54) is 0 Å². The fourth-order valence-corrected chi connectivity index (χ4v) is 2.59. The minimum atomic E-state index is -0.396. The summed E-state index contributed by atoms with van der Waals surface area (Å²) < 4.78 is 2.98. The van der Waals surface area contributed by atoms with E-state index >= 15 is 0 Å². The van der Waals surface area contributed by atoms with Gasteiger partial charge < -0.3 is 9.88 Å². The number of nitrogens with one attached hydrogen (secondary N) is 1. The van der Waals surface area contributed by atoms with E-state index in [4.69, 9.17) is 0 Å². The number of aryl methyl sites for hydroxylation is 1. The molecular weight excluding hydrogens is 352 g/mol. The maximum atomic E-state index is 9.48. The molecule has 0 spiro atoms. The van der Waals surface area contributed by atoms with Crippen LogP contribution in [0.3, 0.4) is 0 Å². The first-order valence-electron chi connectivity index (χ1n) is 7.18. The van der Waals surface area contributed by atoms with Gasteiger partial charge in [0, 0.05) is 28.2 Å². The van der Waals surface area contributed by atoms with Crippen molar-refractivity contribution in [3.8, 4) is 11.8 Å². The summed E-state index contributed by atoms with van der Waals surface area (Å²) in [6.07, 6.45) is 5.38. The van der Waals surface area contributed by atoms with Crippen LogP contribution in [-0.4, -0.2) is 9.55 Å². The number of benzene rings is 2. The highest BCUT2D eigenvalue weighted by Crippen LogP contribution is 2.24. The first-order valence-corrected chi connectivity index (χ1v) is 7.97. The summed E-state index contributed by atoms with van der Waals surface area (Å²) in [5.41, 5.74) is 4.00. The Morgan fingerprint density at radius 1 is 1.22 bits per heavy atom. The quantitative estimate of drug-likeness (QED) is 0.732. The molecule has 2 aromatic carbocycles. The number of aromatic nitrogens is 2. The van der Waals surface area contributed by atoms with E-state index in [0.717, 1.165) is 27.0 Å². The molecule has 5 heteroatoms. The summed E-state index contributed by atoms with van der Waals surface area (Å²) in [5, 5.41) is 12.7. The van der Waals surface area contributed by atoms with Gasteiger partial charge >= 0.3 is 0 Å². The van der Waals surface area contributed by atoms with Crippen LogP contribution in [0.4, 0.5) is 5.69 Å². The number of hydrogen-bond acceptors (Lipinski definition) is 3. The number of halogens is 1. The van der Waals surface area contributed by atoms with Gasteiger partial charge in [-0.15, -0.1) is 0 Å². The molecule has 3 aromatic rings. The molecule has 1 aromatic heterocycles. The molecule has 1 N–H and O–H groups in total. The maximum absolute atomic E-state index is 9.48. The fraction of sp³-hybridized carbons (Fsp3) is 0.111. The SMILES string of the molecule is Cc1cc(NC(C#N)c2ccc(-n3ccnc3)cc2)ccc1Br.